The highest BCUT2D eigenvalue weighted by molar-refractivity contribution is 6.15. The molecule has 172 valence electrons. The zero-order chi connectivity index (χ0) is 23.7. The van der Waals surface area contributed by atoms with Crippen molar-refractivity contribution in [3.05, 3.63) is 104 Å². The zero-order valence-corrected chi connectivity index (χ0v) is 18.8. The van der Waals surface area contributed by atoms with Crippen LogP contribution in [0.2, 0.25) is 0 Å². The van der Waals surface area contributed by atoms with Crippen molar-refractivity contribution in [1.82, 2.24) is 4.90 Å². The van der Waals surface area contributed by atoms with Gasteiger partial charge in [0.2, 0.25) is 5.78 Å². The molecule has 0 spiro atoms. The Hall–Kier alpha value is -3.97. The number of Topliss-reactive ketones (excluding diaryl/α,β-unsaturated/α-hetero) is 1. The molecule has 0 aliphatic carbocycles. The molecule has 0 N–H and O–H groups in total. The van der Waals surface area contributed by atoms with Crippen LogP contribution in [0.1, 0.15) is 39.0 Å². The van der Waals surface area contributed by atoms with E-state index in [4.69, 9.17) is 9.47 Å². The first-order valence-corrected chi connectivity index (χ1v) is 11.2. The van der Waals surface area contributed by atoms with Gasteiger partial charge in [-0.1, -0.05) is 42.5 Å². The lowest BCUT2D eigenvalue weighted by atomic mass is 9.98. The molecule has 0 saturated carbocycles. The average molecular weight is 456 g/mol. The van der Waals surface area contributed by atoms with Gasteiger partial charge in [0.15, 0.2) is 5.76 Å². The van der Waals surface area contributed by atoms with E-state index in [-0.39, 0.29) is 17.2 Å². The molecule has 5 rings (SSSR count). The number of hydrogen-bond donors (Lipinski definition) is 0. The molecular weight excluding hydrogens is 432 g/mol. The fraction of sp³-hybridized carbons (Fsp3) is 0.222. The zero-order valence-electron chi connectivity index (χ0n) is 18.8. The summed E-state index contributed by atoms with van der Waals surface area (Å²) < 4.78 is 12.1. The number of carbonyl (C=O) groups is 1. The number of non-ortho nitro benzene ring substituents is 1. The molecule has 2 aliphatic heterocycles. The maximum Gasteiger partial charge on any atom is 0.270 e. The minimum atomic E-state index is -0.460. The van der Waals surface area contributed by atoms with Crippen LogP contribution in [0.15, 0.2) is 66.4 Å². The van der Waals surface area contributed by atoms with Gasteiger partial charge >= 0.3 is 0 Å². The van der Waals surface area contributed by atoms with Crippen LogP contribution in [-0.4, -0.2) is 28.9 Å². The van der Waals surface area contributed by atoms with E-state index in [1.54, 1.807) is 18.2 Å². The second kappa shape index (κ2) is 9.11. The fourth-order valence-electron chi connectivity index (χ4n) is 4.45. The molecule has 0 amide bonds. The second-order valence-corrected chi connectivity index (χ2v) is 8.58. The normalized spacial score (nSPS) is 16.0. The summed E-state index contributed by atoms with van der Waals surface area (Å²) >= 11 is 0. The molecule has 3 aromatic carbocycles. The van der Waals surface area contributed by atoms with Crippen LogP contribution in [0.25, 0.3) is 6.08 Å². The third-order valence-corrected chi connectivity index (χ3v) is 6.15. The van der Waals surface area contributed by atoms with Crippen molar-refractivity contribution in [2.45, 2.75) is 26.3 Å². The third kappa shape index (κ3) is 4.30. The van der Waals surface area contributed by atoms with Crippen molar-refractivity contribution in [3.63, 3.8) is 0 Å². The third-order valence-electron chi connectivity index (χ3n) is 6.15. The van der Waals surface area contributed by atoms with Crippen LogP contribution in [0.4, 0.5) is 5.69 Å². The van der Waals surface area contributed by atoms with Crippen molar-refractivity contribution >= 4 is 17.5 Å². The van der Waals surface area contributed by atoms with Crippen molar-refractivity contribution in [2.75, 3.05) is 13.3 Å². The number of ether oxygens (including phenoxy) is 2. The number of ketones is 1. The highest BCUT2D eigenvalue weighted by atomic mass is 16.6. The molecule has 0 atom stereocenters. The number of fused-ring (bicyclic) bond motifs is 3. The van der Waals surface area contributed by atoms with Crippen molar-refractivity contribution < 1.29 is 19.2 Å². The molecule has 0 unspecified atom stereocenters. The van der Waals surface area contributed by atoms with E-state index in [1.165, 1.54) is 17.7 Å². The highest BCUT2D eigenvalue weighted by Crippen LogP contribution is 2.44. The quantitative estimate of drug-likeness (QED) is 0.284. The van der Waals surface area contributed by atoms with E-state index < -0.39 is 4.92 Å². The van der Waals surface area contributed by atoms with E-state index in [1.807, 2.05) is 31.2 Å². The molecule has 2 heterocycles. The number of rotatable bonds is 6. The van der Waals surface area contributed by atoms with Gasteiger partial charge in [-0.05, 0) is 48.6 Å². The number of benzene rings is 3. The Bertz CT molecular complexity index is 1300. The molecule has 7 nitrogen and oxygen atoms in total. The summed E-state index contributed by atoms with van der Waals surface area (Å²) in [6.45, 7) is 3.85. The lowest BCUT2D eigenvalue weighted by Gasteiger charge is -2.30. The molecule has 7 heteroatoms. The Kier molecular flexibility index (Phi) is 5.86. The summed E-state index contributed by atoms with van der Waals surface area (Å²) in [6.07, 6.45) is 3.54. The summed E-state index contributed by atoms with van der Waals surface area (Å²) in [6, 6.07) is 18.4. The molecule has 0 fully saturated rings. The number of nitro benzene ring substituents is 1. The average Bonchev–Trinajstić information content (AvgIpc) is 3.17. The SMILES string of the molecule is Cc1cc2c(c3c1C(=O)/C(=C/c1cccc([N+](=O)[O-])c1)O3)CN(CCCc1ccccc1)CO2. The molecule has 3 aromatic rings. The standard InChI is InChI=1S/C27H24N2O5/c1-18-13-23-22(16-28(17-33-23)12-6-10-19-7-3-2-4-8-19)27-25(18)26(30)24(34-27)15-20-9-5-11-21(14-20)29(31)32/h2-5,7-9,11,13-15H,6,10,12,16-17H2,1H3/b24-15-. The number of nitro groups is 1. The molecule has 0 bridgehead atoms. The number of hydrogen-bond acceptors (Lipinski definition) is 6. The number of carbonyl (C=O) groups excluding carboxylic acids is 1. The van der Waals surface area contributed by atoms with Gasteiger partial charge in [-0.2, -0.15) is 0 Å². The monoisotopic (exact) mass is 456 g/mol. The fourth-order valence-corrected chi connectivity index (χ4v) is 4.45. The Balaban J connectivity index is 1.36. The van der Waals surface area contributed by atoms with Crippen molar-refractivity contribution in [2.24, 2.45) is 0 Å². The van der Waals surface area contributed by atoms with Gasteiger partial charge < -0.3 is 9.47 Å². The van der Waals surface area contributed by atoms with Crippen LogP contribution in [0.3, 0.4) is 0 Å². The first-order valence-electron chi connectivity index (χ1n) is 11.2. The van der Waals surface area contributed by atoms with Gasteiger partial charge in [0, 0.05) is 25.2 Å². The number of aryl methyl sites for hydroxylation is 2. The Labute approximate surface area is 197 Å². The summed E-state index contributed by atoms with van der Waals surface area (Å²) in [4.78, 5) is 26.0. The number of nitrogens with zero attached hydrogens (tertiary/aromatic N) is 2. The smallest absolute Gasteiger partial charge is 0.270 e. The summed E-state index contributed by atoms with van der Waals surface area (Å²) in [5.74, 6) is 1.21. The van der Waals surface area contributed by atoms with Gasteiger partial charge in [-0.15, -0.1) is 0 Å². The minimum Gasteiger partial charge on any atom is -0.478 e. The highest BCUT2D eigenvalue weighted by Gasteiger charge is 2.35. The lowest BCUT2D eigenvalue weighted by molar-refractivity contribution is -0.384. The Morgan fingerprint density at radius 1 is 1.12 bits per heavy atom. The first-order chi connectivity index (χ1) is 16.5. The van der Waals surface area contributed by atoms with Gasteiger partial charge in [-0.3, -0.25) is 19.8 Å². The molecule has 0 saturated heterocycles. The molecule has 0 aromatic heterocycles. The molecule has 2 aliphatic rings. The van der Waals surface area contributed by atoms with Crippen molar-refractivity contribution in [1.29, 1.82) is 0 Å². The first kappa shape index (κ1) is 21.9. The molecule has 0 radical (unpaired) electrons. The maximum atomic E-state index is 13.2. The topological polar surface area (TPSA) is 81.9 Å². The number of allylic oxidation sites excluding steroid dienone is 1. The van der Waals surface area contributed by atoms with Gasteiger partial charge in [0.05, 0.1) is 16.1 Å². The van der Waals surface area contributed by atoms with Crippen LogP contribution >= 0.6 is 0 Å². The Morgan fingerprint density at radius 2 is 1.94 bits per heavy atom. The van der Waals surface area contributed by atoms with Crippen LogP contribution in [-0.2, 0) is 13.0 Å². The maximum absolute atomic E-state index is 13.2. The van der Waals surface area contributed by atoms with E-state index in [9.17, 15) is 14.9 Å². The van der Waals surface area contributed by atoms with Crippen LogP contribution in [0.5, 0.6) is 11.5 Å². The predicted octanol–water partition coefficient (Wildman–Crippen LogP) is 5.30. The van der Waals surface area contributed by atoms with E-state index in [0.717, 1.165) is 36.3 Å². The largest absolute Gasteiger partial charge is 0.478 e. The van der Waals surface area contributed by atoms with Crippen LogP contribution < -0.4 is 9.47 Å². The van der Waals surface area contributed by atoms with Crippen LogP contribution in [0, 0.1) is 17.0 Å². The molecule has 34 heavy (non-hydrogen) atoms. The van der Waals surface area contributed by atoms with Gasteiger partial charge in [0.1, 0.15) is 18.2 Å². The lowest BCUT2D eigenvalue weighted by Crippen LogP contribution is -2.33. The van der Waals surface area contributed by atoms with Crippen molar-refractivity contribution in [3.8, 4) is 11.5 Å². The van der Waals surface area contributed by atoms with E-state index in [0.29, 0.717) is 30.2 Å². The molecular formula is C27H24N2O5. The van der Waals surface area contributed by atoms with E-state index >= 15 is 0 Å². The van der Waals surface area contributed by atoms with E-state index in [2.05, 4.69) is 17.0 Å². The summed E-state index contributed by atoms with van der Waals surface area (Å²) in [5.41, 5.74) is 3.99. The predicted molar refractivity (Wildman–Crippen MR) is 128 cm³/mol. The minimum absolute atomic E-state index is 0.0367. The van der Waals surface area contributed by atoms with Gasteiger partial charge in [0.25, 0.3) is 5.69 Å². The van der Waals surface area contributed by atoms with Gasteiger partial charge in [-0.25, -0.2) is 0 Å². The summed E-state index contributed by atoms with van der Waals surface area (Å²) in [7, 11) is 0. The summed E-state index contributed by atoms with van der Waals surface area (Å²) in [5, 5.41) is 11.1. The Morgan fingerprint density at radius 3 is 2.74 bits per heavy atom. The second-order valence-electron chi connectivity index (χ2n) is 8.58.